The Morgan fingerprint density at radius 1 is 1.10 bits per heavy atom. The second-order valence-electron chi connectivity index (χ2n) is 6.58. The second-order valence-corrected chi connectivity index (χ2v) is 8.57. The number of sulfone groups is 1. The number of nitrogens with zero attached hydrogens (tertiary/aromatic N) is 2. The summed E-state index contributed by atoms with van der Waals surface area (Å²) in [7, 11) is -3.58. The van der Waals surface area contributed by atoms with Gasteiger partial charge in [-0.25, -0.2) is 12.8 Å². The van der Waals surface area contributed by atoms with Gasteiger partial charge in [-0.05, 0) is 36.8 Å². The predicted octanol–water partition coefficient (Wildman–Crippen LogP) is 2.74. The van der Waals surface area contributed by atoms with Crippen molar-refractivity contribution in [1.82, 2.24) is 15.5 Å². The van der Waals surface area contributed by atoms with E-state index in [4.69, 9.17) is 4.52 Å². The Morgan fingerprint density at radius 3 is 2.48 bits per heavy atom. The van der Waals surface area contributed by atoms with Crippen molar-refractivity contribution in [3.8, 4) is 0 Å². The molecule has 0 bridgehead atoms. The highest BCUT2D eigenvalue weighted by molar-refractivity contribution is 7.90. The number of benzene rings is 2. The lowest BCUT2D eigenvalue weighted by Crippen LogP contribution is -2.23. The summed E-state index contributed by atoms with van der Waals surface area (Å²) in [6, 6.07) is 12.4. The summed E-state index contributed by atoms with van der Waals surface area (Å²) in [4.78, 5) is 16.2. The van der Waals surface area contributed by atoms with Crippen molar-refractivity contribution in [2.24, 2.45) is 0 Å². The Balaban J connectivity index is 1.50. The lowest BCUT2D eigenvalue weighted by Gasteiger charge is -2.04. The summed E-state index contributed by atoms with van der Waals surface area (Å²) in [5.41, 5.74) is 1.74. The number of aromatic nitrogens is 2. The van der Waals surface area contributed by atoms with E-state index in [0.29, 0.717) is 0 Å². The highest BCUT2D eigenvalue weighted by atomic mass is 32.2. The summed E-state index contributed by atoms with van der Waals surface area (Å²) >= 11 is 0. The first-order valence-corrected chi connectivity index (χ1v) is 10.6. The Morgan fingerprint density at radius 2 is 1.79 bits per heavy atom. The van der Waals surface area contributed by atoms with Gasteiger partial charge in [0.05, 0.1) is 4.90 Å². The van der Waals surface area contributed by atoms with Crippen LogP contribution in [0.1, 0.15) is 29.3 Å². The van der Waals surface area contributed by atoms with Crippen LogP contribution in [0.2, 0.25) is 0 Å². The zero-order valence-corrected chi connectivity index (χ0v) is 16.6. The SMILES string of the molecule is Cc1ccc(S(=O)(=O)Cc2noc(CCC(=O)NCc3ccc(F)cc3)n2)cc1. The van der Waals surface area contributed by atoms with Gasteiger partial charge in [-0.15, -0.1) is 0 Å². The van der Waals surface area contributed by atoms with Crippen LogP contribution in [0.15, 0.2) is 57.9 Å². The smallest absolute Gasteiger partial charge is 0.227 e. The molecule has 3 aromatic rings. The lowest BCUT2D eigenvalue weighted by atomic mass is 10.2. The molecule has 0 atom stereocenters. The van der Waals surface area contributed by atoms with E-state index in [1.807, 2.05) is 6.92 Å². The van der Waals surface area contributed by atoms with Gasteiger partial charge in [-0.3, -0.25) is 4.79 Å². The van der Waals surface area contributed by atoms with Crippen LogP contribution in [0.25, 0.3) is 0 Å². The molecule has 0 aliphatic rings. The minimum atomic E-state index is -3.58. The number of rotatable bonds is 8. The lowest BCUT2D eigenvalue weighted by molar-refractivity contribution is -0.121. The molecule has 152 valence electrons. The van der Waals surface area contributed by atoms with Crippen LogP contribution in [0.4, 0.5) is 4.39 Å². The van der Waals surface area contributed by atoms with Crippen molar-refractivity contribution in [2.45, 2.75) is 37.0 Å². The monoisotopic (exact) mass is 417 g/mol. The van der Waals surface area contributed by atoms with Crippen molar-refractivity contribution in [1.29, 1.82) is 0 Å². The van der Waals surface area contributed by atoms with Gasteiger partial charge in [0.15, 0.2) is 15.7 Å². The Hall–Kier alpha value is -3.07. The Kier molecular flexibility index (Phi) is 6.38. The standard InChI is InChI=1S/C20H20FN3O4S/c1-14-2-8-17(9-3-14)29(26,27)13-18-23-20(28-24-18)11-10-19(25)22-12-15-4-6-16(21)7-5-15/h2-9H,10-13H2,1H3,(H,22,25). The molecule has 1 N–H and O–H groups in total. The fourth-order valence-corrected chi connectivity index (χ4v) is 3.74. The molecule has 0 fully saturated rings. The molecule has 2 aromatic carbocycles. The number of carbonyl (C=O) groups excluding carboxylic acids is 1. The third-order valence-corrected chi connectivity index (χ3v) is 5.81. The third-order valence-electron chi connectivity index (χ3n) is 4.18. The number of amides is 1. The average Bonchev–Trinajstić information content (AvgIpc) is 3.13. The number of halogens is 1. The number of nitrogens with one attached hydrogen (secondary N) is 1. The minimum absolute atomic E-state index is 0.0484. The van der Waals surface area contributed by atoms with Crippen molar-refractivity contribution < 1.29 is 22.1 Å². The Labute approximate surface area is 167 Å². The van der Waals surface area contributed by atoms with Gasteiger partial charge in [0.1, 0.15) is 11.6 Å². The number of hydrogen-bond acceptors (Lipinski definition) is 6. The topological polar surface area (TPSA) is 102 Å². The van der Waals surface area contributed by atoms with Gasteiger partial charge in [-0.2, -0.15) is 4.98 Å². The molecule has 1 aromatic heterocycles. The maximum absolute atomic E-state index is 12.9. The van der Waals surface area contributed by atoms with Gasteiger partial charge in [0.25, 0.3) is 0 Å². The first kappa shape index (κ1) is 20.7. The summed E-state index contributed by atoms with van der Waals surface area (Å²) < 4.78 is 42.7. The van der Waals surface area contributed by atoms with Crippen LogP contribution in [0.3, 0.4) is 0 Å². The molecular formula is C20H20FN3O4S. The summed E-state index contributed by atoms with van der Waals surface area (Å²) in [6.45, 7) is 2.15. The second kappa shape index (κ2) is 8.95. The van der Waals surface area contributed by atoms with Crippen molar-refractivity contribution in [3.05, 3.63) is 77.2 Å². The molecule has 0 spiro atoms. The van der Waals surface area contributed by atoms with Gasteiger partial charge in [0.2, 0.25) is 11.8 Å². The summed E-state index contributed by atoms with van der Waals surface area (Å²) in [5.74, 6) is -0.711. The zero-order valence-electron chi connectivity index (χ0n) is 15.8. The molecule has 3 rings (SSSR count). The Bertz CT molecular complexity index is 1080. The van der Waals surface area contributed by atoms with Crippen LogP contribution in [0.5, 0.6) is 0 Å². The van der Waals surface area contributed by atoms with Crippen LogP contribution in [-0.2, 0) is 33.4 Å². The molecule has 29 heavy (non-hydrogen) atoms. The molecule has 0 saturated heterocycles. The van der Waals surface area contributed by atoms with Crippen LogP contribution < -0.4 is 5.32 Å². The van der Waals surface area contributed by atoms with E-state index >= 15 is 0 Å². The minimum Gasteiger partial charge on any atom is -0.352 e. The van der Waals surface area contributed by atoms with Gasteiger partial charge in [-0.1, -0.05) is 35.0 Å². The van der Waals surface area contributed by atoms with E-state index in [9.17, 15) is 17.6 Å². The van der Waals surface area contributed by atoms with E-state index in [1.165, 1.54) is 24.3 Å². The molecule has 1 amide bonds. The number of aryl methyl sites for hydroxylation is 2. The molecule has 9 heteroatoms. The first-order chi connectivity index (χ1) is 13.8. The molecule has 1 heterocycles. The number of hydrogen-bond donors (Lipinski definition) is 1. The molecule has 0 unspecified atom stereocenters. The number of carbonyl (C=O) groups is 1. The van der Waals surface area contributed by atoms with E-state index in [2.05, 4.69) is 15.5 Å². The zero-order chi connectivity index (χ0) is 20.9. The van der Waals surface area contributed by atoms with Crippen molar-refractivity contribution >= 4 is 15.7 Å². The van der Waals surface area contributed by atoms with E-state index in [-0.39, 0.29) is 53.5 Å². The van der Waals surface area contributed by atoms with E-state index in [1.54, 1.807) is 24.3 Å². The third kappa shape index (κ3) is 5.95. The average molecular weight is 417 g/mol. The normalized spacial score (nSPS) is 11.4. The van der Waals surface area contributed by atoms with E-state index in [0.717, 1.165) is 11.1 Å². The first-order valence-electron chi connectivity index (χ1n) is 8.94. The summed E-state index contributed by atoms with van der Waals surface area (Å²) in [6.07, 6.45) is 0.292. The van der Waals surface area contributed by atoms with Gasteiger partial charge in [0, 0.05) is 19.4 Å². The van der Waals surface area contributed by atoms with Crippen LogP contribution in [-0.4, -0.2) is 24.5 Å². The molecule has 0 aliphatic heterocycles. The van der Waals surface area contributed by atoms with Crippen molar-refractivity contribution in [3.63, 3.8) is 0 Å². The van der Waals surface area contributed by atoms with Crippen LogP contribution >= 0.6 is 0 Å². The predicted molar refractivity (Wildman–Crippen MR) is 103 cm³/mol. The highest BCUT2D eigenvalue weighted by Crippen LogP contribution is 2.16. The molecular weight excluding hydrogens is 397 g/mol. The summed E-state index contributed by atoms with van der Waals surface area (Å²) in [5, 5.41) is 6.40. The molecule has 0 saturated carbocycles. The fraction of sp³-hybridized carbons (Fsp3) is 0.250. The van der Waals surface area contributed by atoms with E-state index < -0.39 is 9.84 Å². The largest absolute Gasteiger partial charge is 0.352 e. The quantitative estimate of drug-likeness (QED) is 0.605. The molecule has 0 aliphatic carbocycles. The molecule has 7 nitrogen and oxygen atoms in total. The molecule has 0 radical (unpaired) electrons. The van der Waals surface area contributed by atoms with Gasteiger partial charge >= 0.3 is 0 Å². The van der Waals surface area contributed by atoms with Crippen LogP contribution in [0, 0.1) is 12.7 Å². The van der Waals surface area contributed by atoms with Crippen molar-refractivity contribution in [2.75, 3.05) is 0 Å². The van der Waals surface area contributed by atoms with Gasteiger partial charge < -0.3 is 9.84 Å². The highest BCUT2D eigenvalue weighted by Gasteiger charge is 2.19. The maximum Gasteiger partial charge on any atom is 0.227 e. The fourth-order valence-electron chi connectivity index (χ4n) is 2.56. The maximum atomic E-state index is 12.9.